The highest BCUT2D eigenvalue weighted by Crippen LogP contribution is 2.30. The van der Waals surface area contributed by atoms with E-state index < -0.39 is 6.23 Å². The summed E-state index contributed by atoms with van der Waals surface area (Å²) in [6, 6.07) is 11.4. The third kappa shape index (κ3) is 5.46. The van der Waals surface area contributed by atoms with E-state index in [0.717, 1.165) is 48.4 Å². The number of amides is 2. The molecule has 0 aliphatic carbocycles. The van der Waals surface area contributed by atoms with Crippen LogP contribution in [0.3, 0.4) is 0 Å². The third-order valence-corrected chi connectivity index (χ3v) is 6.72. The maximum Gasteiger partial charge on any atom is 0.270 e. The number of nitrogens with zero attached hydrogens (tertiary/aromatic N) is 2. The lowest BCUT2D eigenvalue weighted by Gasteiger charge is -2.29. The average Bonchev–Trinajstić information content (AvgIpc) is 3.22. The molecule has 5 N–H and O–H groups in total. The van der Waals surface area contributed by atoms with E-state index in [-0.39, 0.29) is 24.2 Å². The molecule has 1 fully saturated rings. The van der Waals surface area contributed by atoms with Crippen LogP contribution in [0.2, 0.25) is 0 Å². The van der Waals surface area contributed by atoms with E-state index in [1.54, 1.807) is 12.1 Å². The minimum absolute atomic E-state index is 0.0169. The van der Waals surface area contributed by atoms with Crippen molar-refractivity contribution in [2.45, 2.75) is 52.4 Å². The molecule has 2 aromatic carbocycles. The van der Waals surface area contributed by atoms with Gasteiger partial charge in [0.15, 0.2) is 0 Å². The first-order chi connectivity index (χ1) is 17.4. The van der Waals surface area contributed by atoms with Crippen molar-refractivity contribution >= 4 is 29.0 Å². The van der Waals surface area contributed by atoms with Gasteiger partial charge in [-0.25, -0.2) is 0 Å². The molecule has 1 saturated heterocycles. The normalized spacial score (nSPS) is 16.0. The Morgan fingerprint density at radius 1 is 1.14 bits per heavy atom. The molecule has 2 aliphatic rings. The number of nitrogen functional groups attached to an aromatic ring is 1. The number of carbonyl (C=O) groups excluding carboxylic acids is 2. The van der Waals surface area contributed by atoms with Gasteiger partial charge in [0, 0.05) is 61.8 Å². The number of nitrogens with one attached hydrogen (secondary N) is 3. The molecule has 2 aromatic rings. The monoisotopic (exact) mass is 492 g/mol. The summed E-state index contributed by atoms with van der Waals surface area (Å²) in [7, 11) is 0. The quantitative estimate of drug-likeness (QED) is 0.299. The van der Waals surface area contributed by atoms with E-state index in [9.17, 15) is 9.59 Å². The largest absolute Gasteiger partial charge is 0.385 e. The molecule has 2 aliphatic heterocycles. The van der Waals surface area contributed by atoms with Crippen molar-refractivity contribution in [2.75, 3.05) is 36.5 Å². The molecule has 0 bridgehead atoms. The van der Waals surface area contributed by atoms with Crippen molar-refractivity contribution in [3.63, 3.8) is 0 Å². The fourth-order valence-electron chi connectivity index (χ4n) is 4.84. The maximum atomic E-state index is 13.4. The second kappa shape index (κ2) is 11.4. The van der Waals surface area contributed by atoms with E-state index in [1.165, 1.54) is 11.3 Å². The van der Waals surface area contributed by atoms with Gasteiger partial charge in [-0.3, -0.25) is 15.0 Å². The minimum atomic E-state index is -1.02. The summed E-state index contributed by atoms with van der Waals surface area (Å²) in [5.41, 5.74) is 10.5. The lowest BCUT2D eigenvalue weighted by Crippen LogP contribution is -2.48. The van der Waals surface area contributed by atoms with Crippen molar-refractivity contribution in [2.24, 2.45) is 5.73 Å². The molecule has 9 nitrogen and oxygen atoms in total. The highest BCUT2D eigenvalue weighted by Gasteiger charge is 2.37. The van der Waals surface area contributed by atoms with Crippen LogP contribution in [-0.2, 0) is 22.6 Å². The molecule has 0 unspecified atom stereocenters. The Morgan fingerprint density at radius 2 is 1.92 bits per heavy atom. The van der Waals surface area contributed by atoms with E-state index in [2.05, 4.69) is 21.6 Å². The van der Waals surface area contributed by atoms with E-state index in [4.69, 9.17) is 15.9 Å². The number of nitrogens with two attached hydrogens (primary N) is 1. The summed E-state index contributed by atoms with van der Waals surface area (Å²) in [6.07, 6.45) is 2.55. The van der Waals surface area contributed by atoms with Crippen LogP contribution in [0.4, 0.5) is 11.4 Å². The summed E-state index contributed by atoms with van der Waals surface area (Å²) in [5, 5.41) is 13.9. The van der Waals surface area contributed by atoms with Crippen LogP contribution < -0.4 is 21.3 Å². The fraction of sp³-hybridized carbons (Fsp3) is 0.444. The van der Waals surface area contributed by atoms with Crippen LogP contribution in [-0.4, -0.2) is 55.0 Å². The van der Waals surface area contributed by atoms with Crippen LogP contribution >= 0.6 is 0 Å². The van der Waals surface area contributed by atoms with Gasteiger partial charge in [0.1, 0.15) is 5.84 Å². The number of piperidine rings is 1. The second-order valence-corrected chi connectivity index (χ2v) is 9.16. The van der Waals surface area contributed by atoms with Gasteiger partial charge in [-0.15, -0.1) is 0 Å². The molecule has 36 heavy (non-hydrogen) atoms. The number of anilines is 2. The molecule has 2 heterocycles. The standard InChI is InChI=1S/C27H36N6O3/c1-3-30-23-14-18(24(28)29)8-9-19(23)16-31-25(34)27(36-4-2)33-17-20-10-11-21(15-22(20)26(33)35)32-12-6-5-7-13-32/h8-11,14-15,27,30H,3-7,12-13,16-17H2,1-2H3,(H3,28,29)(H,31,34)/t27-/m0/s1. The molecule has 0 aromatic heterocycles. The molecule has 1 atom stereocenters. The SMILES string of the molecule is CCNc1cc(C(=N)N)ccc1CNC(=O)[C@H](OCC)N1Cc2ccc(N3CCCCC3)cc2C1=O. The number of fused-ring (bicyclic) bond motifs is 1. The minimum Gasteiger partial charge on any atom is -0.385 e. The van der Waals surface area contributed by atoms with E-state index in [0.29, 0.717) is 30.8 Å². The van der Waals surface area contributed by atoms with Gasteiger partial charge in [-0.2, -0.15) is 0 Å². The van der Waals surface area contributed by atoms with Crippen LogP contribution in [0, 0.1) is 5.41 Å². The zero-order valence-electron chi connectivity index (χ0n) is 21.1. The zero-order valence-corrected chi connectivity index (χ0v) is 21.1. The lowest BCUT2D eigenvalue weighted by molar-refractivity contribution is -0.143. The van der Waals surface area contributed by atoms with Crippen molar-refractivity contribution in [3.05, 3.63) is 58.7 Å². The van der Waals surface area contributed by atoms with Crippen LogP contribution in [0.15, 0.2) is 36.4 Å². The molecule has 0 saturated carbocycles. The number of carbonyl (C=O) groups is 2. The number of hydrogen-bond donors (Lipinski definition) is 4. The van der Waals surface area contributed by atoms with Gasteiger partial charge in [-0.05, 0) is 62.4 Å². The summed E-state index contributed by atoms with van der Waals surface area (Å²) in [4.78, 5) is 30.4. The number of rotatable bonds is 10. The van der Waals surface area contributed by atoms with Crippen molar-refractivity contribution in [3.8, 4) is 0 Å². The van der Waals surface area contributed by atoms with Crippen molar-refractivity contribution in [1.82, 2.24) is 10.2 Å². The van der Waals surface area contributed by atoms with Crippen LogP contribution in [0.5, 0.6) is 0 Å². The first kappa shape index (κ1) is 25.5. The summed E-state index contributed by atoms with van der Waals surface area (Å²) < 4.78 is 5.77. The lowest BCUT2D eigenvalue weighted by atomic mass is 10.1. The molecular weight excluding hydrogens is 456 g/mol. The van der Waals surface area contributed by atoms with E-state index in [1.807, 2.05) is 32.0 Å². The molecule has 192 valence electrons. The Balaban J connectivity index is 1.47. The van der Waals surface area contributed by atoms with Gasteiger partial charge in [-0.1, -0.05) is 18.2 Å². The first-order valence-corrected chi connectivity index (χ1v) is 12.7. The molecule has 4 rings (SSSR count). The fourth-order valence-corrected chi connectivity index (χ4v) is 4.84. The third-order valence-electron chi connectivity index (χ3n) is 6.72. The van der Waals surface area contributed by atoms with Gasteiger partial charge in [0.25, 0.3) is 11.8 Å². The number of benzene rings is 2. The average molecular weight is 493 g/mol. The first-order valence-electron chi connectivity index (χ1n) is 12.7. The van der Waals surface area contributed by atoms with Gasteiger partial charge in [0.05, 0.1) is 0 Å². The number of hydrogen-bond acceptors (Lipinski definition) is 6. The second-order valence-electron chi connectivity index (χ2n) is 9.16. The number of ether oxygens (including phenoxy) is 1. The van der Waals surface area contributed by atoms with Crippen molar-refractivity contribution < 1.29 is 14.3 Å². The Bertz CT molecular complexity index is 1130. The Labute approximate surface area is 212 Å². The molecular formula is C27H36N6O3. The number of amidine groups is 1. The van der Waals surface area contributed by atoms with Gasteiger partial charge >= 0.3 is 0 Å². The summed E-state index contributed by atoms with van der Waals surface area (Å²) in [5.74, 6) is -0.569. The molecule has 2 amide bonds. The molecule has 9 heteroatoms. The molecule has 0 spiro atoms. The zero-order chi connectivity index (χ0) is 25.7. The predicted molar refractivity (Wildman–Crippen MR) is 141 cm³/mol. The smallest absolute Gasteiger partial charge is 0.270 e. The Morgan fingerprint density at radius 3 is 2.61 bits per heavy atom. The topological polar surface area (TPSA) is 124 Å². The van der Waals surface area contributed by atoms with E-state index >= 15 is 0 Å². The maximum absolute atomic E-state index is 13.4. The Hall–Kier alpha value is -3.59. The highest BCUT2D eigenvalue weighted by molar-refractivity contribution is 6.01. The molecule has 0 radical (unpaired) electrons. The summed E-state index contributed by atoms with van der Waals surface area (Å²) >= 11 is 0. The Kier molecular flexibility index (Phi) is 8.10. The van der Waals surface area contributed by atoms with Crippen LogP contribution in [0.25, 0.3) is 0 Å². The highest BCUT2D eigenvalue weighted by atomic mass is 16.5. The predicted octanol–water partition coefficient (Wildman–Crippen LogP) is 3.03. The van der Waals surface area contributed by atoms with Gasteiger partial charge < -0.3 is 30.9 Å². The van der Waals surface area contributed by atoms with Gasteiger partial charge in [0.2, 0.25) is 6.23 Å². The van der Waals surface area contributed by atoms with Crippen molar-refractivity contribution in [1.29, 1.82) is 5.41 Å². The summed E-state index contributed by atoms with van der Waals surface area (Å²) in [6.45, 7) is 7.36. The van der Waals surface area contributed by atoms with Crippen LogP contribution in [0.1, 0.15) is 60.2 Å².